The van der Waals surface area contributed by atoms with Crippen molar-refractivity contribution in [2.24, 2.45) is 17.8 Å². The van der Waals surface area contributed by atoms with Crippen molar-refractivity contribution in [2.45, 2.75) is 51.1 Å². The van der Waals surface area contributed by atoms with Crippen LogP contribution in [0.2, 0.25) is 0 Å². The smallest absolute Gasteiger partial charge is 0.407 e. The molecule has 0 radical (unpaired) electrons. The zero-order chi connectivity index (χ0) is 24.7. The Hall–Kier alpha value is -3.35. The van der Waals surface area contributed by atoms with Gasteiger partial charge in [0.15, 0.2) is 0 Å². The predicted octanol–water partition coefficient (Wildman–Crippen LogP) is 4.26. The average molecular weight is 477 g/mol. The first kappa shape index (κ1) is 23.4. The number of carboxylic acids is 1. The first-order chi connectivity index (χ1) is 16.9. The number of aliphatic carboxylic acids is 1. The molecule has 2 aromatic carbocycles. The third-order valence-electron chi connectivity index (χ3n) is 8.27. The largest absolute Gasteiger partial charge is 0.480 e. The van der Waals surface area contributed by atoms with Crippen molar-refractivity contribution in [1.29, 1.82) is 0 Å². The predicted molar refractivity (Wildman–Crippen MR) is 131 cm³/mol. The molecule has 2 amide bonds. The fourth-order valence-electron chi connectivity index (χ4n) is 6.37. The van der Waals surface area contributed by atoms with Gasteiger partial charge < -0.3 is 20.1 Å². The monoisotopic (exact) mass is 476 g/mol. The quantitative estimate of drug-likeness (QED) is 0.623. The number of nitrogens with zero attached hydrogens (tertiary/aromatic N) is 1. The lowest BCUT2D eigenvalue weighted by Gasteiger charge is -2.40. The number of hydrogen-bond acceptors (Lipinski definition) is 4. The van der Waals surface area contributed by atoms with Crippen molar-refractivity contribution in [3.8, 4) is 11.1 Å². The van der Waals surface area contributed by atoms with Gasteiger partial charge in [-0.15, -0.1) is 0 Å². The van der Waals surface area contributed by atoms with Gasteiger partial charge in [0.1, 0.15) is 12.6 Å². The highest BCUT2D eigenvalue weighted by Gasteiger charge is 2.51. The van der Waals surface area contributed by atoms with Crippen molar-refractivity contribution < 1.29 is 24.2 Å². The molecule has 2 N–H and O–H groups in total. The van der Waals surface area contributed by atoms with Gasteiger partial charge in [-0.2, -0.15) is 0 Å². The van der Waals surface area contributed by atoms with Crippen molar-refractivity contribution >= 4 is 18.0 Å². The number of rotatable bonds is 7. The van der Waals surface area contributed by atoms with Crippen LogP contribution >= 0.6 is 0 Å². The third-order valence-corrected chi connectivity index (χ3v) is 8.27. The molecule has 0 bridgehead atoms. The fraction of sp³-hybridized carbons (Fsp3) is 0.464. The summed E-state index contributed by atoms with van der Waals surface area (Å²) in [6.07, 6.45) is 1.86. The van der Waals surface area contributed by atoms with Crippen LogP contribution in [0.1, 0.15) is 50.2 Å². The number of alkyl carbamates (subject to hydrolysis) is 1. The molecule has 7 nitrogen and oxygen atoms in total. The summed E-state index contributed by atoms with van der Waals surface area (Å²) in [6.45, 7) is 4.01. The van der Waals surface area contributed by atoms with Crippen LogP contribution in [0, 0.1) is 17.8 Å². The highest BCUT2D eigenvalue weighted by molar-refractivity contribution is 5.85. The number of amides is 2. The van der Waals surface area contributed by atoms with Crippen LogP contribution in [-0.4, -0.2) is 53.2 Å². The number of fused-ring (bicyclic) bond motifs is 4. The molecule has 0 aliphatic heterocycles. The van der Waals surface area contributed by atoms with Gasteiger partial charge in [-0.3, -0.25) is 4.79 Å². The molecule has 0 spiro atoms. The van der Waals surface area contributed by atoms with E-state index in [0.717, 1.165) is 12.8 Å². The molecule has 0 saturated heterocycles. The van der Waals surface area contributed by atoms with E-state index >= 15 is 0 Å². The van der Waals surface area contributed by atoms with Crippen LogP contribution in [0.3, 0.4) is 0 Å². The first-order valence-electron chi connectivity index (χ1n) is 12.5. The van der Waals surface area contributed by atoms with Gasteiger partial charge in [0.25, 0.3) is 0 Å². The Kier molecular flexibility index (Phi) is 6.26. The number of carbonyl (C=O) groups is 3. The minimum absolute atomic E-state index is 0.000393. The normalized spacial score (nSPS) is 25.0. The molecule has 184 valence electrons. The lowest BCUT2D eigenvalue weighted by atomic mass is 9.71. The van der Waals surface area contributed by atoms with Crippen LogP contribution < -0.4 is 5.32 Å². The molecule has 2 aromatic rings. The standard InChI is InChI=1S/C28H32N2O5/c1-3-30(16(2)27(32)33)26(31)18-12-17-14-25(23(17)13-18)29-28(34)35-15-24-21-10-6-4-8-19(21)20-9-5-7-11-22(20)24/h4-11,16-18,23-25H,3,12-15H2,1-2H3,(H,29,34)(H,32,33). The van der Waals surface area contributed by atoms with Gasteiger partial charge >= 0.3 is 12.1 Å². The lowest BCUT2D eigenvalue weighted by molar-refractivity contribution is -0.151. The zero-order valence-electron chi connectivity index (χ0n) is 20.1. The number of ether oxygens (including phenoxy) is 1. The molecule has 0 heterocycles. The van der Waals surface area contributed by atoms with Crippen LogP contribution in [0.15, 0.2) is 48.5 Å². The molecule has 0 aromatic heterocycles. The van der Waals surface area contributed by atoms with Crippen LogP contribution in [0.5, 0.6) is 0 Å². The zero-order valence-corrected chi connectivity index (χ0v) is 20.1. The van der Waals surface area contributed by atoms with E-state index in [4.69, 9.17) is 4.74 Å². The van der Waals surface area contributed by atoms with Gasteiger partial charge in [-0.25, -0.2) is 9.59 Å². The van der Waals surface area contributed by atoms with Gasteiger partial charge in [-0.05, 0) is 67.2 Å². The second-order valence-electron chi connectivity index (χ2n) is 10.0. The molecule has 7 heteroatoms. The van der Waals surface area contributed by atoms with Gasteiger partial charge in [0, 0.05) is 24.4 Å². The molecule has 2 fully saturated rings. The van der Waals surface area contributed by atoms with Crippen molar-refractivity contribution in [3.05, 3.63) is 59.7 Å². The van der Waals surface area contributed by atoms with E-state index in [1.165, 1.54) is 27.2 Å². The van der Waals surface area contributed by atoms with E-state index in [0.29, 0.717) is 18.9 Å². The molecular weight excluding hydrogens is 444 g/mol. The Labute approximate surface area is 205 Å². The lowest BCUT2D eigenvalue weighted by Crippen LogP contribution is -2.50. The Balaban J connectivity index is 1.16. The SMILES string of the molecule is CCN(C(=O)C1CC2CC(NC(=O)OCC3c4ccccc4-c4ccccc43)C2C1)C(C)C(=O)O. The van der Waals surface area contributed by atoms with E-state index in [1.54, 1.807) is 6.92 Å². The summed E-state index contributed by atoms with van der Waals surface area (Å²) in [7, 11) is 0. The van der Waals surface area contributed by atoms with Gasteiger partial charge in [0.2, 0.25) is 5.91 Å². The highest BCUT2D eigenvalue weighted by Crippen LogP contribution is 2.50. The second-order valence-corrected chi connectivity index (χ2v) is 10.0. The van der Waals surface area contributed by atoms with Crippen LogP contribution in [0.4, 0.5) is 4.79 Å². The maximum absolute atomic E-state index is 13.0. The van der Waals surface area contributed by atoms with Gasteiger partial charge in [-0.1, -0.05) is 48.5 Å². The molecule has 35 heavy (non-hydrogen) atoms. The number of nitrogens with one attached hydrogen (secondary N) is 1. The number of carboxylic acid groups (broad SMARTS) is 1. The maximum Gasteiger partial charge on any atom is 0.407 e. The topological polar surface area (TPSA) is 95.9 Å². The van der Waals surface area contributed by atoms with E-state index in [9.17, 15) is 19.5 Å². The Morgan fingerprint density at radius 1 is 1.03 bits per heavy atom. The minimum atomic E-state index is -0.990. The Morgan fingerprint density at radius 3 is 2.26 bits per heavy atom. The van der Waals surface area contributed by atoms with E-state index in [-0.39, 0.29) is 36.3 Å². The molecule has 5 atom stereocenters. The third kappa shape index (κ3) is 4.17. The minimum Gasteiger partial charge on any atom is -0.480 e. The average Bonchev–Trinajstić information content (AvgIpc) is 3.36. The van der Waals surface area contributed by atoms with Crippen molar-refractivity contribution in [2.75, 3.05) is 13.2 Å². The molecule has 2 saturated carbocycles. The summed E-state index contributed by atoms with van der Waals surface area (Å²) >= 11 is 0. The molecule has 3 aliphatic carbocycles. The summed E-state index contributed by atoms with van der Waals surface area (Å²) in [5.41, 5.74) is 4.75. The summed E-state index contributed by atoms with van der Waals surface area (Å²) in [6, 6.07) is 15.7. The molecule has 5 rings (SSSR count). The van der Waals surface area contributed by atoms with Crippen molar-refractivity contribution in [3.63, 3.8) is 0 Å². The first-order valence-corrected chi connectivity index (χ1v) is 12.5. The van der Waals surface area contributed by atoms with E-state index in [2.05, 4.69) is 29.6 Å². The molecule has 3 aliphatic rings. The molecular formula is C28H32N2O5. The number of hydrogen-bond donors (Lipinski definition) is 2. The summed E-state index contributed by atoms with van der Waals surface area (Å²) in [5.74, 6) is -0.606. The summed E-state index contributed by atoms with van der Waals surface area (Å²) in [5, 5.41) is 12.3. The number of likely N-dealkylation sites (N-methyl/N-ethyl adjacent to an activating group) is 1. The maximum atomic E-state index is 13.0. The Morgan fingerprint density at radius 2 is 1.66 bits per heavy atom. The van der Waals surface area contributed by atoms with Crippen LogP contribution in [0.25, 0.3) is 11.1 Å². The highest BCUT2D eigenvalue weighted by atomic mass is 16.5. The number of carbonyl (C=O) groups excluding carboxylic acids is 2. The van der Waals surface area contributed by atoms with Crippen molar-refractivity contribution in [1.82, 2.24) is 10.2 Å². The van der Waals surface area contributed by atoms with Crippen LogP contribution in [-0.2, 0) is 14.3 Å². The van der Waals surface area contributed by atoms with E-state index in [1.807, 2.05) is 31.2 Å². The summed E-state index contributed by atoms with van der Waals surface area (Å²) in [4.78, 5) is 38.5. The molecule has 5 unspecified atom stereocenters. The van der Waals surface area contributed by atoms with E-state index < -0.39 is 18.1 Å². The summed E-state index contributed by atoms with van der Waals surface area (Å²) < 4.78 is 5.69. The number of benzene rings is 2. The second kappa shape index (κ2) is 9.36. The Bertz CT molecular complexity index is 1100. The van der Waals surface area contributed by atoms with Gasteiger partial charge in [0.05, 0.1) is 0 Å². The fourth-order valence-corrected chi connectivity index (χ4v) is 6.37.